The molecule has 7 nitrogen and oxygen atoms in total. The molecule has 30 heavy (non-hydrogen) atoms. The third kappa shape index (κ3) is 7.06. The van der Waals surface area contributed by atoms with E-state index in [2.05, 4.69) is 15.7 Å². The SMILES string of the molecule is COc1ccc(/C=C/C(=O)NC(C(=O)NCCCn2nc(C)cc2C)C(C)C)cc1. The van der Waals surface area contributed by atoms with E-state index in [0.717, 1.165) is 35.7 Å². The zero-order chi connectivity index (χ0) is 22.1. The summed E-state index contributed by atoms with van der Waals surface area (Å²) in [5.74, 6) is 0.247. The Bertz CT molecular complexity index is 869. The van der Waals surface area contributed by atoms with Crippen LogP contribution in [0.15, 0.2) is 36.4 Å². The highest BCUT2D eigenvalue weighted by Gasteiger charge is 2.23. The summed E-state index contributed by atoms with van der Waals surface area (Å²) in [6.45, 7) is 9.06. The van der Waals surface area contributed by atoms with Crippen molar-refractivity contribution in [3.8, 4) is 5.75 Å². The molecule has 0 aliphatic carbocycles. The summed E-state index contributed by atoms with van der Waals surface area (Å²) >= 11 is 0. The monoisotopic (exact) mass is 412 g/mol. The molecule has 0 spiro atoms. The number of carbonyl (C=O) groups is 2. The van der Waals surface area contributed by atoms with Gasteiger partial charge in [-0.05, 0) is 56.0 Å². The van der Waals surface area contributed by atoms with Crippen LogP contribution in [0.1, 0.15) is 37.2 Å². The van der Waals surface area contributed by atoms with Crippen LogP contribution < -0.4 is 15.4 Å². The molecule has 162 valence electrons. The molecule has 0 saturated heterocycles. The van der Waals surface area contributed by atoms with E-state index in [9.17, 15) is 9.59 Å². The maximum absolute atomic E-state index is 12.6. The number of methoxy groups -OCH3 is 1. The van der Waals surface area contributed by atoms with Crippen LogP contribution in [0.25, 0.3) is 6.08 Å². The molecule has 1 aromatic heterocycles. The Hall–Kier alpha value is -3.09. The Labute approximate surface area is 178 Å². The summed E-state index contributed by atoms with van der Waals surface area (Å²) in [4.78, 5) is 24.9. The molecule has 1 aromatic carbocycles. The van der Waals surface area contributed by atoms with Crippen molar-refractivity contribution in [2.45, 2.75) is 46.7 Å². The van der Waals surface area contributed by atoms with Gasteiger partial charge >= 0.3 is 0 Å². The number of benzene rings is 1. The van der Waals surface area contributed by atoms with Gasteiger partial charge in [-0.1, -0.05) is 26.0 Å². The van der Waals surface area contributed by atoms with E-state index in [4.69, 9.17) is 4.74 Å². The fourth-order valence-corrected chi connectivity index (χ4v) is 3.07. The molecule has 0 radical (unpaired) electrons. The quantitative estimate of drug-likeness (QED) is 0.464. The second-order valence-electron chi connectivity index (χ2n) is 7.63. The predicted octanol–water partition coefficient (Wildman–Crippen LogP) is 2.87. The zero-order valence-corrected chi connectivity index (χ0v) is 18.4. The van der Waals surface area contributed by atoms with E-state index in [-0.39, 0.29) is 17.7 Å². The average molecular weight is 413 g/mol. The Balaban J connectivity index is 1.82. The lowest BCUT2D eigenvalue weighted by Gasteiger charge is -2.21. The molecule has 1 atom stereocenters. The molecule has 2 amide bonds. The first-order chi connectivity index (χ1) is 14.3. The molecule has 1 unspecified atom stereocenters. The number of nitrogens with zero attached hydrogens (tertiary/aromatic N) is 2. The van der Waals surface area contributed by atoms with Gasteiger partial charge in [-0.2, -0.15) is 5.10 Å². The number of ether oxygens (including phenoxy) is 1. The number of amides is 2. The highest BCUT2D eigenvalue weighted by Crippen LogP contribution is 2.12. The molecule has 0 fully saturated rings. The number of aromatic nitrogens is 2. The maximum Gasteiger partial charge on any atom is 0.244 e. The predicted molar refractivity (Wildman–Crippen MR) is 118 cm³/mol. The lowest BCUT2D eigenvalue weighted by molar-refractivity contribution is -0.128. The smallest absolute Gasteiger partial charge is 0.244 e. The molecule has 2 rings (SSSR count). The molecule has 2 N–H and O–H groups in total. The minimum Gasteiger partial charge on any atom is -0.497 e. The minimum atomic E-state index is -0.591. The number of carbonyl (C=O) groups excluding carboxylic acids is 2. The minimum absolute atomic E-state index is 0.0284. The van der Waals surface area contributed by atoms with E-state index < -0.39 is 6.04 Å². The first-order valence-corrected chi connectivity index (χ1v) is 10.2. The Morgan fingerprint density at radius 3 is 2.47 bits per heavy atom. The molecular formula is C23H32N4O3. The second kappa shape index (κ2) is 11.2. The van der Waals surface area contributed by atoms with Crippen molar-refractivity contribution >= 4 is 17.9 Å². The van der Waals surface area contributed by atoms with Gasteiger partial charge in [0.25, 0.3) is 0 Å². The van der Waals surface area contributed by atoms with Crippen molar-refractivity contribution in [2.24, 2.45) is 5.92 Å². The third-order valence-corrected chi connectivity index (χ3v) is 4.74. The van der Waals surface area contributed by atoms with E-state index in [0.29, 0.717) is 6.54 Å². The fraction of sp³-hybridized carbons (Fsp3) is 0.435. The van der Waals surface area contributed by atoms with Gasteiger partial charge in [0.1, 0.15) is 11.8 Å². The van der Waals surface area contributed by atoms with E-state index in [1.54, 1.807) is 13.2 Å². The molecule has 0 aliphatic heterocycles. The van der Waals surface area contributed by atoms with E-state index >= 15 is 0 Å². The standard InChI is InChI=1S/C23H32N4O3/c1-16(2)22(23(29)24-13-6-14-27-18(4)15-17(3)26-27)25-21(28)12-9-19-7-10-20(30-5)11-8-19/h7-12,15-16,22H,6,13-14H2,1-5H3,(H,24,29)(H,25,28)/b12-9+. The molecule has 2 aromatic rings. The summed E-state index contributed by atoms with van der Waals surface area (Å²) in [6.07, 6.45) is 3.91. The molecule has 0 bridgehead atoms. The lowest BCUT2D eigenvalue weighted by Crippen LogP contribution is -2.49. The fourth-order valence-electron chi connectivity index (χ4n) is 3.07. The Kier molecular flexibility index (Phi) is 8.65. The molecule has 7 heteroatoms. The molecular weight excluding hydrogens is 380 g/mol. The summed E-state index contributed by atoms with van der Waals surface area (Å²) in [6, 6.07) is 8.81. The van der Waals surface area contributed by atoms with Gasteiger partial charge < -0.3 is 15.4 Å². The number of hydrogen-bond acceptors (Lipinski definition) is 4. The molecule has 1 heterocycles. The summed E-state index contributed by atoms with van der Waals surface area (Å²) in [5, 5.41) is 10.1. The largest absolute Gasteiger partial charge is 0.497 e. The molecule has 0 saturated carbocycles. The van der Waals surface area contributed by atoms with Crippen molar-refractivity contribution < 1.29 is 14.3 Å². The van der Waals surface area contributed by atoms with Gasteiger partial charge in [-0.3, -0.25) is 14.3 Å². The summed E-state index contributed by atoms with van der Waals surface area (Å²) in [5.41, 5.74) is 2.97. The van der Waals surface area contributed by atoms with Crippen LogP contribution in [0.3, 0.4) is 0 Å². The Morgan fingerprint density at radius 1 is 1.20 bits per heavy atom. The van der Waals surface area contributed by atoms with Crippen LogP contribution >= 0.6 is 0 Å². The van der Waals surface area contributed by atoms with Gasteiger partial charge in [-0.15, -0.1) is 0 Å². The van der Waals surface area contributed by atoms with Crippen LogP contribution in [0, 0.1) is 19.8 Å². The first-order valence-electron chi connectivity index (χ1n) is 10.2. The molecule has 0 aliphatic rings. The third-order valence-electron chi connectivity index (χ3n) is 4.74. The first kappa shape index (κ1) is 23.2. The topological polar surface area (TPSA) is 85.2 Å². The van der Waals surface area contributed by atoms with Crippen molar-refractivity contribution in [1.29, 1.82) is 0 Å². The second-order valence-corrected chi connectivity index (χ2v) is 7.63. The van der Waals surface area contributed by atoms with Crippen LogP contribution in [-0.4, -0.2) is 41.3 Å². The van der Waals surface area contributed by atoms with Gasteiger partial charge in [0.05, 0.1) is 12.8 Å². The van der Waals surface area contributed by atoms with Gasteiger partial charge in [0, 0.05) is 24.9 Å². The normalized spacial score (nSPS) is 12.2. The van der Waals surface area contributed by atoms with Crippen molar-refractivity contribution in [1.82, 2.24) is 20.4 Å². The number of nitrogens with one attached hydrogen (secondary N) is 2. The van der Waals surface area contributed by atoms with Gasteiger partial charge in [0.2, 0.25) is 11.8 Å². The van der Waals surface area contributed by atoms with Crippen LogP contribution in [0.4, 0.5) is 0 Å². The number of aryl methyl sites for hydroxylation is 3. The van der Waals surface area contributed by atoms with Crippen molar-refractivity contribution in [3.63, 3.8) is 0 Å². The van der Waals surface area contributed by atoms with Gasteiger partial charge in [-0.25, -0.2) is 0 Å². The summed E-state index contributed by atoms with van der Waals surface area (Å²) < 4.78 is 7.06. The number of rotatable bonds is 10. The van der Waals surface area contributed by atoms with Crippen LogP contribution in [0.2, 0.25) is 0 Å². The highest BCUT2D eigenvalue weighted by atomic mass is 16.5. The van der Waals surface area contributed by atoms with E-state index in [1.165, 1.54) is 6.08 Å². The zero-order valence-electron chi connectivity index (χ0n) is 18.4. The van der Waals surface area contributed by atoms with Crippen molar-refractivity contribution in [3.05, 3.63) is 53.4 Å². The van der Waals surface area contributed by atoms with E-state index in [1.807, 2.05) is 62.7 Å². The van der Waals surface area contributed by atoms with Crippen LogP contribution in [0.5, 0.6) is 5.75 Å². The summed E-state index contributed by atoms with van der Waals surface area (Å²) in [7, 11) is 1.61. The van der Waals surface area contributed by atoms with Crippen molar-refractivity contribution in [2.75, 3.05) is 13.7 Å². The average Bonchev–Trinajstić information content (AvgIpc) is 3.04. The highest BCUT2D eigenvalue weighted by molar-refractivity contribution is 5.95. The Morgan fingerprint density at radius 2 is 1.90 bits per heavy atom. The lowest BCUT2D eigenvalue weighted by atomic mass is 10.0. The van der Waals surface area contributed by atoms with Crippen LogP contribution in [-0.2, 0) is 16.1 Å². The maximum atomic E-state index is 12.6. The number of hydrogen-bond donors (Lipinski definition) is 2. The van der Waals surface area contributed by atoms with Gasteiger partial charge in [0.15, 0.2) is 0 Å².